The molecule has 1 heterocycles. The Morgan fingerprint density at radius 3 is 2.59 bits per heavy atom. The summed E-state index contributed by atoms with van der Waals surface area (Å²) in [6.07, 6.45) is 1.43. The second-order valence-electron chi connectivity index (χ2n) is 5.65. The van der Waals surface area contributed by atoms with Gasteiger partial charge in [-0.15, -0.1) is 0 Å². The normalized spacial score (nSPS) is 10.7. The predicted molar refractivity (Wildman–Crippen MR) is 112 cm³/mol. The Balaban J connectivity index is 1.75. The van der Waals surface area contributed by atoms with Crippen LogP contribution in [-0.2, 0) is 5.75 Å². The Bertz CT molecular complexity index is 998. The van der Waals surface area contributed by atoms with Gasteiger partial charge in [-0.25, -0.2) is 9.97 Å². The minimum absolute atomic E-state index is 0.102. The summed E-state index contributed by atoms with van der Waals surface area (Å²) in [7, 11) is 0. The number of amides is 1. The van der Waals surface area contributed by atoms with E-state index in [9.17, 15) is 4.79 Å². The molecule has 1 N–H and O–H groups in total. The molecule has 0 aliphatic rings. The van der Waals surface area contributed by atoms with Crippen LogP contribution in [0.1, 0.15) is 21.6 Å². The van der Waals surface area contributed by atoms with E-state index in [4.69, 9.17) is 34.8 Å². The maximum absolute atomic E-state index is 12.5. The maximum Gasteiger partial charge on any atom is 0.275 e. The Kier molecular flexibility index (Phi) is 6.60. The zero-order valence-electron chi connectivity index (χ0n) is 14.2. The molecular formula is C19H14Cl3N3OS. The fourth-order valence-corrected chi connectivity index (χ4v) is 3.62. The Labute approximate surface area is 176 Å². The smallest absolute Gasteiger partial charge is 0.275 e. The molecule has 0 saturated heterocycles. The minimum atomic E-state index is -0.446. The van der Waals surface area contributed by atoms with Crippen molar-refractivity contribution in [1.82, 2.24) is 9.97 Å². The molecule has 3 rings (SSSR count). The topological polar surface area (TPSA) is 54.9 Å². The highest BCUT2D eigenvalue weighted by Gasteiger charge is 2.15. The molecule has 0 unspecified atom stereocenters. The summed E-state index contributed by atoms with van der Waals surface area (Å²) in [5, 5.41) is 4.11. The summed E-state index contributed by atoms with van der Waals surface area (Å²) >= 11 is 19.4. The fourth-order valence-electron chi connectivity index (χ4n) is 2.26. The second-order valence-corrected chi connectivity index (χ2v) is 7.81. The van der Waals surface area contributed by atoms with Crippen LogP contribution in [0.5, 0.6) is 0 Å². The lowest BCUT2D eigenvalue weighted by Gasteiger charge is -2.09. The van der Waals surface area contributed by atoms with Crippen molar-refractivity contribution in [2.24, 2.45) is 0 Å². The van der Waals surface area contributed by atoms with Gasteiger partial charge in [-0.2, -0.15) is 0 Å². The number of carbonyl (C=O) groups is 1. The monoisotopic (exact) mass is 437 g/mol. The fraction of sp³-hybridized carbons (Fsp3) is 0.105. The van der Waals surface area contributed by atoms with E-state index in [1.54, 1.807) is 18.2 Å². The number of rotatable bonds is 5. The van der Waals surface area contributed by atoms with E-state index in [0.29, 0.717) is 26.6 Å². The van der Waals surface area contributed by atoms with Crippen LogP contribution in [-0.4, -0.2) is 15.9 Å². The highest BCUT2D eigenvalue weighted by molar-refractivity contribution is 7.98. The van der Waals surface area contributed by atoms with Gasteiger partial charge in [0, 0.05) is 11.4 Å². The number of thioether (sulfide) groups is 1. The molecular weight excluding hydrogens is 425 g/mol. The number of nitrogens with one attached hydrogen (secondary N) is 1. The molecule has 0 fully saturated rings. The highest BCUT2D eigenvalue weighted by atomic mass is 35.5. The molecule has 138 valence electrons. The average molecular weight is 439 g/mol. The van der Waals surface area contributed by atoms with Gasteiger partial charge in [-0.05, 0) is 36.2 Å². The van der Waals surface area contributed by atoms with E-state index in [0.717, 1.165) is 0 Å². The van der Waals surface area contributed by atoms with Crippen LogP contribution in [0, 0.1) is 6.92 Å². The third-order valence-electron chi connectivity index (χ3n) is 3.73. The number of carbonyl (C=O) groups excluding carboxylic acids is 1. The van der Waals surface area contributed by atoms with Crippen molar-refractivity contribution >= 4 is 58.2 Å². The van der Waals surface area contributed by atoms with Crippen molar-refractivity contribution in [1.29, 1.82) is 0 Å². The summed E-state index contributed by atoms with van der Waals surface area (Å²) in [4.78, 5) is 21.0. The van der Waals surface area contributed by atoms with E-state index >= 15 is 0 Å². The zero-order chi connectivity index (χ0) is 19.4. The Hall–Kier alpha value is -1.79. The first-order valence-electron chi connectivity index (χ1n) is 7.90. The quantitative estimate of drug-likeness (QED) is 0.376. The van der Waals surface area contributed by atoms with Gasteiger partial charge in [-0.3, -0.25) is 4.79 Å². The van der Waals surface area contributed by atoms with Gasteiger partial charge >= 0.3 is 0 Å². The maximum atomic E-state index is 12.5. The molecule has 8 heteroatoms. The first-order valence-corrected chi connectivity index (χ1v) is 10.0. The van der Waals surface area contributed by atoms with Gasteiger partial charge in [0.05, 0.1) is 21.3 Å². The first kappa shape index (κ1) is 20.0. The molecule has 0 bridgehead atoms. The van der Waals surface area contributed by atoms with Crippen molar-refractivity contribution in [3.8, 4) is 0 Å². The largest absolute Gasteiger partial charge is 0.321 e. The molecule has 27 heavy (non-hydrogen) atoms. The highest BCUT2D eigenvalue weighted by Crippen LogP contribution is 2.27. The molecule has 0 radical (unpaired) electrons. The number of anilines is 1. The van der Waals surface area contributed by atoms with E-state index in [2.05, 4.69) is 34.3 Å². The summed E-state index contributed by atoms with van der Waals surface area (Å²) in [6.45, 7) is 2.05. The van der Waals surface area contributed by atoms with E-state index in [-0.39, 0.29) is 10.7 Å². The number of aromatic nitrogens is 2. The lowest BCUT2D eigenvalue weighted by Crippen LogP contribution is -2.15. The van der Waals surface area contributed by atoms with Crippen LogP contribution in [0.4, 0.5) is 5.69 Å². The number of nitrogens with zero attached hydrogens (tertiary/aromatic N) is 2. The van der Waals surface area contributed by atoms with Crippen molar-refractivity contribution < 1.29 is 4.79 Å². The molecule has 0 aliphatic carbocycles. The van der Waals surface area contributed by atoms with Gasteiger partial charge in [0.2, 0.25) is 0 Å². The summed E-state index contributed by atoms with van der Waals surface area (Å²) in [5.74, 6) is 0.251. The lowest BCUT2D eigenvalue weighted by atomic mass is 10.1. The minimum Gasteiger partial charge on any atom is -0.321 e. The molecule has 4 nitrogen and oxygen atoms in total. The van der Waals surface area contributed by atoms with Gasteiger partial charge in [-0.1, -0.05) is 70.8 Å². The number of benzene rings is 2. The Morgan fingerprint density at radius 2 is 1.85 bits per heavy atom. The predicted octanol–water partition coefficient (Wildman–Crippen LogP) is 6.29. The molecule has 0 aliphatic heterocycles. The third-order valence-corrected chi connectivity index (χ3v) is 5.66. The molecule has 0 spiro atoms. The van der Waals surface area contributed by atoms with E-state index in [1.807, 2.05) is 12.1 Å². The SMILES string of the molecule is Cc1ccccc1CSc1ncc(Cl)c(C(=O)Nc2ccc(Cl)c(Cl)c2)n1. The zero-order valence-corrected chi connectivity index (χ0v) is 17.3. The van der Waals surface area contributed by atoms with E-state index in [1.165, 1.54) is 29.1 Å². The number of hydrogen-bond donors (Lipinski definition) is 1. The van der Waals surface area contributed by atoms with Crippen molar-refractivity contribution in [3.63, 3.8) is 0 Å². The second kappa shape index (κ2) is 8.93. The van der Waals surface area contributed by atoms with Crippen LogP contribution < -0.4 is 5.32 Å². The van der Waals surface area contributed by atoms with E-state index < -0.39 is 5.91 Å². The van der Waals surface area contributed by atoms with Crippen LogP contribution in [0.2, 0.25) is 15.1 Å². The molecule has 0 atom stereocenters. The summed E-state index contributed by atoms with van der Waals surface area (Å²) < 4.78 is 0. The molecule has 0 saturated carbocycles. The van der Waals surface area contributed by atoms with Crippen LogP contribution >= 0.6 is 46.6 Å². The van der Waals surface area contributed by atoms with Crippen molar-refractivity contribution in [3.05, 3.63) is 80.6 Å². The number of hydrogen-bond acceptors (Lipinski definition) is 4. The summed E-state index contributed by atoms with van der Waals surface area (Å²) in [6, 6.07) is 12.9. The molecule has 2 aromatic carbocycles. The van der Waals surface area contributed by atoms with Crippen molar-refractivity contribution in [2.45, 2.75) is 17.8 Å². The van der Waals surface area contributed by atoms with Gasteiger partial charge in [0.1, 0.15) is 0 Å². The molecule has 1 aromatic heterocycles. The van der Waals surface area contributed by atoms with Crippen LogP contribution in [0.3, 0.4) is 0 Å². The average Bonchev–Trinajstić information content (AvgIpc) is 2.65. The third kappa shape index (κ3) is 5.14. The van der Waals surface area contributed by atoms with Gasteiger partial charge in [0.25, 0.3) is 5.91 Å². The number of halogens is 3. The molecule has 3 aromatic rings. The van der Waals surface area contributed by atoms with Gasteiger partial charge in [0.15, 0.2) is 10.9 Å². The van der Waals surface area contributed by atoms with Crippen LogP contribution in [0.15, 0.2) is 53.8 Å². The first-order chi connectivity index (χ1) is 12.9. The van der Waals surface area contributed by atoms with Crippen molar-refractivity contribution in [2.75, 3.05) is 5.32 Å². The van der Waals surface area contributed by atoms with Crippen LogP contribution in [0.25, 0.3) is 0 Å². The molecule has 1 amide bonds. The lowest BCUT2D eigenvalue weighted by molar-refractivity contribution is 0.102. The summed E-state index contributed by atoms with van der Waals surface area (Å²) in [5.41, 5.74) is 2.97. The van der Waals surface area contributed by atoms with Gasteiger partial charge < -0.3 is 5.32 Å². The standard InChI is InChI=1S/C19H14Cl3N3OS/c1-11-4-2-3-5-12(11)10-27-19-23-9-16(22)17(25-19)18(26)24-13-6-7-14(20)15(21)8-13/h2-9H,10H2,1H3,(H,24,26). The number of aryl methyl sites for hydroxylation is 1. The Morgan fingerprint density at radius 1 is 1.07 bits per heavy atom.